The molecule has 0 radical (unpaired) electrons. The highest BCUT2D eigenvalue weighted by molar-refractivity contribution is 7.98. The Balaban J connectivity index is 1.57. The number of benzene rings is 2. The molecule has 1 aliphatic rings. The van der Waals surface area contributed by atoms with Crippen LogP contribution in [0.2, 0.25) is 0 Å². The molecular weight excluding hydrogens is 462 g/mol. The molecule has 1 aliphatic heterocycles. The van der Waals surface area contributed by atoms with E-state index >= 15 is 0 Å². The van der Waals surface area contributed by atoms with Gasteiger partial charge in [-0.2, -0.15) is 4.98 Å². The van der Waals surface area contributed by atoms with E-state index in [1.165, 1.54) is 0 Å². The second-order valence-corrected chi connectivity index (χ2v) is 9.08. The predicted octanol–water partition coefficient (Wildman–Crippen LogP) is 5.35. The van der Waals surface area contributed by atoms with E-state index < -0.39 is 0 Å². The van der Waals surface area contributed by atoms with Crippen LogP contribution < -0.4 is 14.2 Å². The molecule has 0 saturated heterocycles. The van der Waals surface area contributed by atoms with Crippen LogP contribution in [0.15, 0.2) is 59.8 Å². The van der Waals surface area contributed by atoms with E-state index in [4.69, 9.17) is 24.2 Å². The van der Waals surface area contributed by atoms with E-state index in [0.717, 1.165) is 50.0 Å². The summed E-state index contributed by atoms with van der Waals surface area (Å²) in [5, 5.41) is 10.7. The summed E-state index contributed by atoms with van der Waals surface area (Å²) in [6.07, 6.45) is 2.27. The smallest absolute Gasteiger partial charge is 0.227 e. The van der Waals surface area contributed by atoms with E-state index in [2.05, 4.69) is 11.1 Å². The van der Waals surface area contributed by atoms with Crippen molar-refractivity contribution in [2.24, 2.45) is 0 Å². The van der Waals surface area contributed by atoms with Crippen molar-refractivity contribution in [2.45, 2.75) is 30.7 Å². The molecule has 2 aromatic carbocycles. The maximum absolute atomic E-state index is 9.88. The number of hydrogen-bond acceptors (Lipinski definition) is 8. The Morgan fingerprint density at radius 1 is 1.00 bits per heavy atom. The molecule has 35 heavy (non-hydrogen) atoms. The molecule has 0 unspecified atom stereocenters. The maximum atomic E-state index is 9.88. The minimum absolute atomic E-state index is 0.106. The van der Waals surface area contributed by atoms with Crippen LogP contribution in [0.5, 0.6) is 23.1 Å². The second kappa shape index (κ2) is 9.93. The van der Waals surface area contributed by atoms with Crippen LogP contribution in [0.1, 0.15) is 27.9 Å². The lowest BCUT2D eigenvalue weighted by Gasteiger charge is -2.24. The summed E-state index contributed by atoms with van der Waals surface area (Å²) < 4.78 is 17.0. The standard InChI is InChI=1S/C27H25N3O4S/c1-16-24-22(19(14-31)13-28-16)12-23-26(34-24)29-25(18-7-9-20(32-2)10-8-18)30-27(23)35-15-17-5-4-6-21(11-17)33-3/h4-11,13,31H,12,14-15H2,1-3H3. The number of thioether (sulfide) groups is 1. The minimum atomic E-state index is -0.106. The summed E-state index contributed by atoms with van der Waals surface area (Å²) in [5.41, 5.74) is 5.34. The van der Waals surface area contributed by atoms with Gasteiger partial charge >= 0.3 is 0 Å². The quantitative estimate of drug-likeness (QED) is 0.243. The van der Waals surface area contributed by atoms with E-state index in [0.29, 0.717) is 29.6 Å². The van der Waals surface area contributed by atoms with Gasteiger partial charge in [0.1, 0.15) is 16.5 Å². The molecule has 4 aromatic rings. The zero-order chi connectivity index (χ0) is 24.4. The van der Waals surface area contributed by atoms with Gasteiger partial charge in [0.15, 0.2) is 11.6 Å². The lowest BCUT2D eigenvalue weighted by molar-refractivity contribution is 0.278. The fraction of sp³-hybridized carbons (Fsp3) is 0.222. The molecule has 1 N–H and O–H groups in total. The van der Waals surface area contributed by atoms with E-state index in [1.807, 2.05) is 49.4 Å². The van der Waals surface area contributed by atoms with Gasteiger partial charge in [-0.3, -0.25) is 4.98 Å². The zero-order valence-corrected chi connectivity index (χ0v) is 20.6. The minimum Gasteiger partial charge on any atom is -0.497 e. The van der Waals surface area contributed by atoms with Crippen LogP contribution >= 0.6 is 11.8 Å². The van der Waals surface area contributed by atoms with Crippen molar-refractivity contribution in [3.63, 3.8) is 0 Å². The molecule has 0 atom stereocenters. The largest absolute Gasteiger partial charge is 0.497 e. The molecule has 5 rings (SSSR count). The monoisotopic (exact) mass is 487 g/mol. The summed E-state index contributed by atoms with van der Waals surface area (Å²) in [5.74, 6) is 4.05. The molecule has 0 amide bonds. The highest BCUT2D eigenvalue weighted by Crippen LogP contribution is 2.43. The van der Waals surface area contributed by atoms with Gasteiger partial charge < -0.3 is 19.3 Å². The van der Waals surface area contributed by atoms with Crippen LogP contribution in [-0.4, -0.2) is 34.3 Å². The SMILES string of the molecule is COc1ccc(-c2nc3c(c(SCc4cccc(OC)c4)n2)Cc2c(CO)cnc(C)c2O3)cc1. The van der Waals surface area contributed by atoms with E-state index in [-0.39, 0.29) is 6.61 Å². The molecule has 0 aliphatic carbocycles. The number of methoxy groups -OCH3 is 2. The van der Waals surface area contributed by atoms with Gasteiger partial charge in [0.25, 0.3) is 0 Å². The number of nitrogens with zero attached hydrogens (tertiary/aromatic N) is 3. The lowest BCUT2D eigenvalue weighted by Crippen LogP contribution is -2.13. The lowest BCUT2D eigenvalue weighted by atomic mass is 9.99. The topological polar surface area (TPSA) is 86.6 Å². The van der Waals surface area contributed by atoms with Gasteiger partial charge in [0, 0.05) is 35.1 Å². The molecule has 178 valence electrons. The Hall–Kier alpha value is -3.62. The Morgan fingerprint density at radius 3 is 2.54 bits per heavy atom. The first kappa shape index (κ1) is 23.1. The third kappa shape index (κ3) is 4.67. The van der Waals surface area contributed by atoms with Crippen LogP contribution in [-0.2, 0) is 18.8 Å². The van der Waals surface area contributed by atoms with Crippen LogP contribution in [0.3, 0.4) is 0 Å². The van der Waals surface area contributed by atoms with Crippen molar-refractivity contribution in [1.82, 2.24) is 15.0 Å². The molecule has 3 heterocycles. The summed E-state index contributed by atoms with van der Waals surface area (Å²) in [6, 6.07) is 15.6. The van der Waals surface area contributed by atoms with Crippen molar-refractivity contribution in [1.29, 1.82) is 0 Å². The number of fused-ring (bicyclic) bond motifs is 2. The Bertz CT molecular complexity index is 1380. The number of aryl methyl sites for hydroxylation is 1. The molecule has 2 aromatic heterocycles. The van der Waals surface area contributed by atoms with Gasteiger partial charge in [0.05, 0.1) is 32.1 Å². The Labute approximate surface area is 208 Å². The number of hydrogen-bond donors (Lipinski definition) is 1. The van der Waals surface area contributed by atoms with Gasteiger partial charge in [-0.1, -0.05) is 12.1 Å². The number of aromatic nitrogens is 3. The molecule has 8 heteroatoms. The summed E-state index contributed by atoms with van der Waals surface area (Å²) in [4.78, 5) is 14.1. The molecule has 7 nitrogen and oxygen atoms in total. The number of ether oxygens (including phenoxy) is 3. The summed E-state index contributed by atoms with van der Waals surface area (Å²) in [6.45, 7) is 1.79. The van der Waals surface area contributed by atoms with E-state index in [9.17, 15) is 5.11 Å². The molecule has 0 fully saturated rings. The number of aliphatic hydroxyl groups is 1. The highest BCUT2D eigenvalue weighted by atomic mass is 32.2. The predicted molar refractivity (Wildman–Crippen MR) is 134 cm³/mol. The average Bonchev–Trinajstić information content (AvgIpc) is 2.91. The Morgan fingerprint density at radius 2 is 1.80 bits per heavy atom. The molecular formula is C27H25N3O4S. The summed E-state index contributed by atoms with van der Waals surface area (Å²) in [7, 11) is 3.30. The van der Waals surface area contributed by atoms with Crippen LogP contribution in [0.4, 0.5) is 0 Å². The third-order valence-corrected chi connectivity index (χ3v) is 7.00. The van der Waals surface area contributed by atoms with Crippen molar-refractivity contribution in [2.75, 3.05) is 14.2 Å². The first-order valence-corrected chi connectivity index (χ1v) is 12.1. The fourth-order valence-corrected chi connectivity index (χ4v) is 4.96. The average molecular weight is 488 g/mol. The van der Waals surface area contributed by atoms with Crippen molar-refractivity contribution >= 4 is 11.8 Å². The molecule has 0 bridgehead atoms. The molecule has 0 saturated carbocycles. The van der Waals surface area contributed by atoms with Gasteiger partial charge in [-0.25, -0.2) is 4.98 Å². The van der Waals surface area contributed by atoms with E-state index in [1.54, 1.807) is 32.2 Å². The summed E-state index contributed by atoms with van der Waals surface area (Å²) >= 11 is 1.63. The number of rotatable bonds is 7. The van der Waals surface area contributed by atoms with Gasteiger partial charge in [-0.05, 0) is 48.9 Å². The van der Waals surface area contributed by atoms with Crippen molar-refractivity contribution in [3.8, 4) is 34.5 Å². The Kier molecular flexibility index (Phi) is 6.57. The zero-order valence-electron chi connectivity index (χ0n) is 19.7. The first-order chi connectivity index (χ1) is 17.1. The van der Waals surface area contributed by atoms with Crippen molar-refractivity contribution < 1.29 is 19.3 Å². The number of aliphatic hydroxyl groups excluding tert-OH is 1. The molecule has 0 spiro atoms. The third-order valence-electron chi connectivity index (χ3n) is 5.92. The first-order valence-electron chi connectivity index (χ1n) is 11.2. The van der Waals surface area contributed by atoms with Crippen LogP contribution in [0.25, 0.3) is 11.4 Å². The second-order valence-electron chi connectivity index (χ2n) is 8.12. The van der Waals surface area contributed by atoms with Crippen LogP contribution in [0, 0.1) is 6.92 Å². The normalized spacial score (nSPS) is 11.9. The highest BCUT2D eigenvalue weighted by Gasteiger charge is 2.27. The number of pyridine rings is 1. The van der Waals surface area contributed by atoms with Gasteiger partial charge in [0.2, 0.25) is 5.88 Å². The van der Waals surface area contributed by atoms with Gasteiger partial charge in [-0.15, -0.1) is 11.8 Å². The van der Waals surface area contributed by atoms with Crippen molar-refractivity contribution in [3.05, 3.63) is 82.7 Å². The maximum Gasteiger partial charge on any atom is 0.227 e. The fourth-order valence-electron chi connectivity index (χ4n) is 4.00.